The third-order valence-electron chi connectivity index (χ3n) is 8.14. The summed E-state index contributed by atoms with van der Waals surface area (Å²) in [7, 11) is 0. The zero-order valence-corrected chi connectivity index (χ0v) is 20.4. The molecule has 33 heavy (non-hydrogen) atoms. The van der Waals surface area contributed by atoms with Gasteiger partial charge in [-0.25, -0.2) is 0 Å². The summed E-state index contributed by atoms with van der Waals surface area (Å²) in [6, 6.07) is 16.9. The van der Waals surface area contributed by atoms with Gasteiger partial charge in [0.2, 0.25) is 0 Å². The monoisotopic (exact) mass is 535 g/mol. The summed E-state index contributed by atoms with van der Waals surface area (Å²) in [5.41, 5.74) is 5.08. The Hall–Kier alpha value is -1.36. The van der Waals surface area contributed by atoms with Crippen LogP contribution in [0.2, 0.25) is 6.57 Å². The summed E-state index contributed by atoms with van der Waals surface area (Å²) in [6.07, 6.45) is 1.67. The van der Waals surface area contributed by atoms with Gasteiger partial charge in [-0.2, -0.15) is 0 Å². The Balaban J connectivity index is 0.906. The predicted octanol–water partition coefficient (Wildman–Crippen LogP) is 4.49. The van der Waals surface area contributed by atoms with E-state index in [1.807, 2.05) is 4.90 Å². The van der Waals surface area contributed by atoms with Crippen LogP contribution in [0.25, 0.3) is 11.1 Å². The molecular weight excluding hydrogens is 508 g/mol. The number of likely N-dealkylation sites (tertiary alicyclic amines) is 1. The normalized spacial score (nSPS) is 34.2. The minimum atomic E-state index is -0.189. The average molecular weight is 535 g/mol. The Morgan fingerprint density at radius 2 is 1.42 bits per heavy atom. The van der Waals surface area contributed by atoms with Gasteiger partial charge in [-0.15, -0.1) is 0 Å². The number of ether oxygens (including phenoxy) is 3. The quantitative estimate of drug-likeness (QED) is 0.569. The Morgan fingerprint density at radius 1 is 0.879 bits per heavy atom. The molecule has 5 nitrogen and oxygen atoms in total. The van der Waals surface area contributed by atoms with Gasteiger partial charge in [0.1, 0.15) is 0 Å². The third kappa shape index (κ3) is 2.58. The zero-order chi connectivity index (χ0) is 21.8. The van der Waals surface area contributed by atoms with Gasteiger partial charge in [0.25, 0.3) is 0 Å². The second-order valence-electron chi connectivity index (χ2n) is 9.93. The van der Waals surface area contributed by atoms with E-state index < -0.39 is 0 Å². The van der Waals surface area contributed by atoms with Gasteiger partial charge in [-0.3, -0.25) is 0 Å². The first-order valence-electron chi connectivity index (χ1n) is 11.7. The molecule has 0 N–H and O–H groups in total. The number of rotatable bonds is 2. The first-order valence-corrected chi connectivity index (χ1v) is 15.6. The molecule has 6 aliphatic heterocycles. The number of hydrogen-bond acceptors (Lipinski definition) is 4. The molecule has 0 atom stereocenters. The van der Waals surface area contributed by atoms with Crippen LogP contribution in [0, 0.1) is 5.41 Å². The number of benzene rings is 2. The van der Waals surface area contributed by atoms with Crippen molar-refractivity contribution in [2.45, 2.75) is 25.3 Å². The molecule has 1 aliphatic carbocycles. The molecule has 2 aromatic carbocycles. The van der Waals surface area contributed by atoms with E-state index in [1.165, 1.54) is 22.3 Å². The van der Waals surface area contributed by atoms with Gasteiger partial charge in [0, 0.05) is 0 Å². The Bertz CT molecular complexity index is 1090. The average Bonchev–Trinajstić information content (AvgIpc) is 3.81. The standard InChI is InChI=1S/C26H27NO4.2Co/c28-25(27-13-11-26(12-14-27)18-29-15-5-6-16-30-19-26)31-17-24-22-9-3-1-7-20(22)21-8-2-4-10-23(21)24;;/h1-4,7-10,24H,11-19H2;;. The van der Waals surface area contributed by atoms with E-state index in [-0.39, 0.29) is 17.4 Å². The van der Waals surface area contributed by atoms with Gasteiger partial charge in [-0.05, 0) is 22.3 Å². The molecule has 0 unspecified atom stereocenters. The fraction of sp³-hybridized carbons (Fsp3) is 0.500. The Kier molecular flexibility index (Phi) is 4.01. The van der Waals surface area contributed by atoms with Crippen LogP contribution in [0.5, 0.6) is 0 Å². The van der Waals surface area contributed by atoms with E-state index in [4.69, 9.17) is 14.2 Å². The Labute approximate surface area is 200 Å². The van der Waals surface area contributed by atoms with Gasteiger partial charge in [0.05, 0.1) is 0 Å². The van der Waals surface area contributed by atoms with E-state index in [0.29, 0.717) is 37.0 Å². The molecule has 0 saturated carbocycles. The minimum absolute atomic E-state index is 0.0615. The first-order chi connectivity index (χ1) is 16.2. The van der Waals surface area contributed by atoms with Crippen LogP contribution < -0.4 is 0 Å². The van der Waals surface area contributed by atoms with Crippen molar-refractivity contribution in [3.63, 3.8) is 0 Å². The number of carbonyl (C=O) groups is 1. The van der Waals surface area contributed by atoms with Crippen LogP contribution in [0.15, 0.2) is 48.5 Å². The summed E-state index contributed by atoms with van der Waals surface area (Å²) in [6.45, 7) is 5.38. The number of hydrogen-bond donors (Lipinski definition) is 0. The van der Waals surface area contributed by atoms with Gasteiger partial charge in [0.15, 0.2) is 0 Å². The SMILES string of the molecule is O=C(OCC1c2ccccc2-c2ccccc21)N1CCC2(CC1)COC[C]13[Co]4[Co]1[C]43COC2. The van der Waals surface area contributed by atoms with Crippen LogP contribution in [-0.2, 0) is 38.0 Å². The molecule has 6 saturated heterocycles. The molecule has 1 amide bonds. The number of nitrogens with zero attached hydrogens (tertiary/aromatic N) is 1. The van der Waals surface area contributed by atoms with E-state index in [0.717, 1.165) is 52.4 Å². The predicted molar refractivity (Wildman–Crippen MR) is 115 cm³/mol. The number of carbonyl (C=O) groups excluding carboxylic acids is 1. The molecule has 9 rings (SSSR count). The van der Waals surface area contributed by atoms with Crippen LogP contribution in [0.3, 0.4) is 0 Å². The molecule has 0 bridgehead atoms. The van der Waals surface area contributed by atoms with Crippen LogP contribution >= 0.6 is 0 Å². The zero-order valence-electron chi connectivity index (χ0n) is 18.3. The summed E-state index contributed by atoms with van der Waals surface area (Å²) >= 11 is 0.814. The van der Waals surface area contributed by atoms with Crippen molar-refractivity contribution in [3.05, 3.63) is 59.7 Å². The maximum absolute atomic E-state index is 13.0. The van der Waals surface area contributed by atoms with Crippen LogP contribution in [-0.4, -0.2) is 57.1 Å². The second-order valence-corrected chi connectivity index (χ2v) is 18.3. The number of amides is 1. The van der Waals surface area contributed by atoms with Crippen LogP contribution in [0.4, 0.5) is 4.79 Å². The third-order valence-corrected chi connectivity index (χ3v) is 20.4. The van der Waals surface area contributed by atoms with Crippen LogP contribution in [0.1, 0.15) is 29.9 Å². The molecule has 3 spiro atoms. The van der Waals surface area contributed by atoms with Gasteiger partial charge in [-0.1, -0.05) is 48.5 Å². The van der Waals surface area contributed by atoms with Crippen molar-refractivity contribution >= 4 is 6.09 Å². The molecule has 0 aromatic heterocycles. The molecule has 178 valence electrons. The molecular formula is C26H27Co2NO4. The first kappa shape index (κ1) is 19.9. The van der Waals surface area contributed by atoms with E-state index in [9.17, 15) is 4.79 Å². The fourth-order valence-electron chi connectivity index (χ4n) is 6.01. The van der Waals surface area contributed by atoms with Crippen molar-refractivity contribution < 1.29 is 42.8 Å². The van der Waals surface area contributed by atoms with Gasteiger partial charge >= 0.3 is 131 Å². The second kappa shape index (κ2) is 6.65. The molecule has 6 heterocycles. The molecule has 7 aliphatic rings. The summed E-state index contributed by atoms with van der Waals surface area (Å²) in [5.74, 6) is 0.107. The topological polar surface area (TPSA) is 48.0 Å². The number of fused-ring (bicyclic) bond motifs is 3. The summed E-state index contributed by atoms with van der Waals surface area (Å²) in [5, 5.41) is 0. The summed E-state index contributed by atoms with van der Waals surface area (Å²) in [4.78, 5) is 14.9. The van der Waals surface area contributed by atoms with Crippen molar-refractivity contribution in [1.82, 2.24) is 4.90 Å². The maximum atomic E-state index is 13.0. The molecule has 2 aromatic rings. The summed E-state index contributed by atoms with van der Waals surface area (Å²) < 4.78 is 19.7. The number of piperidine rings is 1. The van der Waals surface area contributed by atoms with E-state index in [1.54, 1.807) is 0 Å². The molecule has 6 fully saturated rings. The van der Waals surface area contributed by atoms with E-state index in [2.05, 4.69) is 48.5 Å². The molecule has 0 radical (unpaired) electrons. The van der Waals surface area contributed by atoms with Gasteiger partial charge < -0.3 is 0 Å². The van der Waals surface area contributed by atoms with E-state index >= 15 is 0 Å². The van der Waals surface area contributed by atoms with Crippen molar-refractivity contribution in [2.24, 2.45) is 5.41 Å². The fourth-order valence-corrected chi connectivity index (χ4v) is 19.6. The molecule has 7 heteroatoms. The van der Waals surface area contributed by atoms with Crippen molar-refractivity contribution in [3.8, 4) is 11.1 Å². The van der Waals surface area contributed by atoms with Crippen molar-refractivity contribution in [1.29, 1.82) is 0 Å². The Morgan fingerprint density at radius 3 is 2.00 bits per heavy atom. The van der Waals surface area contributed by atoms with Crippen molar-refractivity contribution in [2.75, 3.05) is 46.1 Å².